The average Bonchev–Trinajstić information content (AvgIpc) is 2.43. The minimum absolute atomic E-state index is 0.00546. The van der Waals surface area contributed by atoms with E-state index in [2.05, 4.69) is 16.0 Å². The summed E-state index contributed by atoms with van der Waals surface area (Å²) in [6.07, 6.45) is 0. The zero-order valence-corrected chi connectivity index (χ0v) is 11.8. The van der Waals surface area contributed by atoms with Crippen molar-refractivity contribution in [2.75, 3.05) is 25.4 Å². The Morgan fingerprint density at radius 1 is 1.11 bits per heavy atom. The van der Waals surface area contributed by atoms with Crippen LogP contribution in [0.15, 0.2) is 35.2 Å². The number of carbonyl (C=O) groups excluding carboxylic acids is 2. The molecule has 104 valence electrons. The van der Waals surface area contributed by atoms with Gasteiger partial charge in [-0.25, -0.2) is 4.79 Å². The van der Waals surface area contributed by atoms with Crippen molar-refractivity contribution in [1.82, 2.24) is 16.0 Å². The zero-order chi connectivity index (χ0) is 13.9. The van der Waals surface area contributed by atoms with E-state index in [1.807, 2.05) is 37.3 Å². The minimum atomic E-state index is -0.320. The third-order valence-electron chi connectivity index (χ3n) is 2.18. The number of hydrogen-bond donors (Lipinski definition) is 3. The van der Waals surface area contributed by atoms with Gasteiger partial charge in [0.05, 0.1) is 6.54 Å². The summed E-state index contributed by atoms with van der Waals surface area (Å²) >= 11 is 1.67. The molecule has 1 aromatic rings. The normalized spacial score (nSPS) is 9.74. The summed E-state index contributed by atoms with van der Waals surface area (Å²) in [6, 6.07) is 9.67. The lowest BCUT2D eigenvalue weighted by atomic mass is 10.4. The Kier molecular flexibility index (Phi) is 7.50. The van der Waals surface area contributed by atoms with Crippen LogP contribution >= 0.6 is 11.8 Å². The topological polar surface area (TPSA) is 70.2 Å². The summed E-state index contributed by atoms with van der Waals surface area (Å²) in [5.41, 5.74) is 0. The average molecular weight is 281 g/mol. The Morgan fingerprint density at radius 3 is 2.53 bits per heavy atom. The molecule has 0 bridgehead atoms. The molecule has 1 aromatic carbocycles. The van der Waals surface area contributed by atoms with Crippen LogP contribution in [0.5, 0.6) is 0 Å². The van der Waals surface area contributed by atoms with Gasteiger partial charge < -0.3 is 16.0 Å². The second kappa shape index (κ2) is 9.27. The summed E-state index contributed by atoms with van der Waals surface area (Å²) in [5.74, 6) is 0.606. The second-order valence-electron chi connectivity index (χ2n) is 3.72. The van der Waals surface area contributed by atoms with Gasteiger partial charge in [-0.1, -0.05) is 18.2 Å². The van der Waals surface area contributed by atoms with Gasteiger partial charge in [0.1, 0.15) is 0 Å². The molecule has 0 unspecified atom stereocenters. The van der Waals surface area contributed by atoms with Gasteiger partial charge >= 0.3 is 6.03 Å². The third kappa shape index (κ3) is 7.35. The SMILES string of the molecule is CCNC(=O)CNC(=O)NCCSc1ccccc1. The molecular weight excluding hydrogens is 262 g/mol. The van der Waals surface area contributed by atoms with Crippen LogP contribution in [-0.2, 0) is 4.79 Å². The molecule has 0 aliphatic rings. The molecule has 19 heavy (non-hydrogen) atoms. The van der Waals surface area contributed by atoms with Crippen LogP contribution < -0.4 is 16.0 Å². The molecule has 0 aliphatic carbocycles. The van der Waals surface area contributed by atoms with E-state index in [0.717, 1.165) is 5.75 Å². The van der Waals surface area contributed by atoms with Gasteiger partial charge in [0, 0.05) is 23.7 Å². The second-order valence-corrected chi connectivity index (χ2v) is 4.89. The summed E-state index contributed by atoms with van der Waals surface area (Å²) in [6.45, 7) is 2.96. The van der Waals surface area contributed by atoms with Crippen LogP contribution in [-0.4, -0.2) is 37.3 Å². The highest BCUT2D eigenvalue weighted by Crippen LogP contribution is 2.15. The van der Waals surface area contributed by atoms with E-state index < -0.39 is 0 Å². The van der Waals surface area contributed by atoms with Gasteiger partial charge in [-0.15, -0.1) is 11.8 Å². The number of urea groups is 1. The quantitative estimate of drug-likeness (QED) is 0.520. The van der Waals surface area contributed by atoms with Gasteiger partial charge in [0.15, 0.2) is 0 Å². The van der Waals surface area contributed by atoms with E-state index in [-0.39, 0.29) is 18.5 Å². The maximum absolute atomic E-state index is 11.4. The Labute approximate surface area is 117 Å². The molecule has 0 heterocycles. The van der Waals surface area contributed by atoms with E-state index in [0.29, 0.717) is 13.1 Å². The molecule has 5 nitrogen and oxygen atoms in total. The summed E-state index contributed by atoms with van der Waals surface area (Å²) in [5, 5.41) is 7.80. The standard InChI is InChI=1S/C13H19N3O2S/c1-2-14-12(17)10-16-13(18)15-8-9-19-11-6-4-3-5-7-11/h3-7H,2,8-10H2,1H3,(H,14,17)(H2,15,16,18). The number of likely N-dealkylation sites (N-methyl/N-ethyl adjacent to an activating group) is 1. The highest BCUT2D eigenvalue weighted by atomic mass is 32.2. The van der Waals surface area contributed by atoms with E-state index in [4.69, 9.17) is 0 Å². The molecule has 1 rings (SSSR count). The lowest BCUT2D eigenvalue weighted by Gasteiger charge is -2.07. The molecular formula is C13H19N3O2S. The van der Waals surface area contributed by atoms with Crippen LogP contribution in [0.3, 0.4) is 0 Å². The monoisotopic (exact) mass is 281 g/mol. The van der Waals surface area contributed by atoms with Gasteiger partial charge in [0.25, 0.3) is 0 Å². The van der Waals surface area contributed by atoms with Crippen molar-refractivity contribution in [2.24, 2.45) is 0 Å². The minimum Gasteiger partial charge on any atom is -0.355 e. The smallest absolute Gasteiger partial charge is 0.315 e. The maximum atomic E-state index is 11.4. The van der Waals surface area contributed by atoms with Crippen LogP contribution in [0.4, 0.5) is 4.79 Å². The number of nitrogens with one attached hydrogen (secondary N) is 3. The van der Waals surface area contributed by atoms with E-state index in [1.165, 1.54) is 4.90 Å². The van der Waals surface area contributed by atoms with Gasteiger partial charge in [-0.2, -0.15) is 0 Å². The summed E-state index contributed by atoms with van der Waals surface area (Å²) < 4.78 is 0. The molecule has 0 aromatic heterocycles. The number of carbonyl (C=O) groups is 2. The molecule has 0 radical (unpaired) electrons. The van der Waals surface area contributed by atoms with Crippen molar-refractivity contribution in [3.63, 3.8) is 0 Å². The van der Waals surface area contributed by atoms with Crippen molar-refractivity contribution >= 4 is 23.7 Å². The lowest BCUT2D eigenvalue weighted by molar-refractivity contribution is -0.119. The van der Waals surface area contributed by atoms with Gasteiger partial charge in [0.2, 0.25) is 5.91 Å². The fourth-order valence-corrected chi connectivity index (χ4v) is 2.12. The van der Waals surface area contributed by atoms with E-state index in [1.54, 1.807) is 11.8 Å². The van der Waals surface area contributed by atoms with Crippen molar-refractivity contribution in [2.45, 2.75) is 11.8 Å². The lowest BCUT2D eigenvalue weighted by Crippen LogP contribution is -2.42. The molecule has 3 N–H and O–H groups in total. The largest absolute Gasteiger partial charge is 0.355 e. The van der Waals surface area contributed by atoms with Crippen LogP contribution in [0, 0.1) is 0 Å². The maximum Gasteiger partial charge on any atom is 0.315 e. The number of rotatable bonds is 7. The van der Waals surface area contributed by atoms with Crippen molar-refractivity contribution in [3.05, 3.63) is 30.3 Å². The van der Waals surface area contributed by atoms with Gasteiger partial charge in [-0.05, 0) is 19.1 Å². The first kappa shape index (κ1) is 15.4. The van der Waals surface area contributed by atoms with Gasteiger partial charge in [-0.3, -0.25) is 4.79 Å². The molecule has 0 saturated heterocycles. The Hall–Kier alpha value is -1.69. The molecule has 0 aliphatic heterocycles. The number of amides is 3. The van der Waals surface area contributed by atoms with E-state index >= 15 is 0 Å². The van der Waals surface area contributed by atoms with Crippen LogP contribution in [0.25, 0.3) is 0 Å². The fourth-order valence-electron chi connectivity index (χ4n) is 1.33. The van der Waals surface area contributed by atoms with Crippen molar-refractivity contribution in [1.29, 1.82) is 0 Å². The Balaban J connectivity index is 2.06. The predicted octanol–water partition coefficient (Wildman–Crippen LogP) is 1.21. The number of thioether (sulfide) groups is 1. The highest BCUT2D eigenvalue weighted by molar-refractivity contribution is 7.99. The molecule has 3 amide bonds. The molecule has 0 fully saturated rings. The van der Waals surface area contributed by atoms with Crippen LogP contribution in [0.1, 0.15) is 6.92 Å². The highest BCUT2D eigenvalue weighted by Gasteiger charge is 2.03. The Morgan fingerprint density at radius 2 is 1.84 bits per heavy atom. The van der Waals surface area contributed by atoms with E-state index in [9.17, 15) is 9.59 Å². The van der Waals surface area contributed by atoms with Crippen LogP contribution in [0.2, 0.25) is 0 Å². The number of hydrogen-bond acceptors (Lipinski definition) is 3. The fraction of sp³-hybridized carbons (Fsp3) is 0.385. The molecule has 0 saturated carbocycles. The number of benzene rings is 1. The van der Waals surface area contributed by atoms with Crippen molar-refractivity contribution in [3.8, 4) is 0 Å². The summed E-state index contributed by atoms with van der Waals surface area (Å²) in [7, 11) is 0. The molecule has 0 atom stereocenters. The first-order valence-corrected chi connectivity index (χ1v) is 7.17. The molecule has 6 heteroatoms. The summed E-state index contributed by atoms with van der Waals surface area (Å²) in [4.78, 5) is 23.6. The molecule has 0 spiro atoms. The zero-order valence-electron chi connectivity index (χ0n) is 10.9. The third-order valence-corrected chi connectivity index (χ3v) is 3.20. The predicted molar refractivity (Wildman–Crippen MR) is 77.3 cm³/mol. The Bertz CT molecular complexity index is 398. The van der Waals surface area contributed by atoms with Crippen molar-refractivity contribution < 1.29 is 9.59 Å². The first-order valence-electron chi connectivity index (χ1n) is 6.18. The first-order chi connectivity index (χ1) is 9.22.